The van der Waals surface area contributed by atoms with E-state index in [2.05, 4.69) is 22.9 Å². The minimum Gasteiger partial charge on any atom is -0.508 e. The fourth-order valence-corrected chi connectivity index (χ4v) is 5.13. The van der Waals surface area contributed by atoms with Crippen LogP contribution in [0.1, 0.15) is 37.9 Å². The summed E-state index contributed by atoms with van der Waals surface area (Å²) in [7, 11) is 0. The van der Waals surface area contributed by atoms with Crippen molar-refractivity contribution in [1.29, 1.82) is 0 Å². The Bertz CT molecular complexity index is 777. The Kier molecular flexibility index (Phi) is 2.80. The molecule has 23 heavy (non-hydrogen) atoms. The number of morpholine rings is 1. The van der Waals surface area contributed by atoms with Crippen molar-refractivity contribution in [3.05, 3.63) is 36.0 Å². The van der Waals surface area contributed by atoms with E-state index in [0.717, 1.165) is 23.9 Å². The summed E-state index contributed by atoms with van der Waals surface area (Å²) < 4.78 is 6.74. The van der Waals surface area contributed by atoms with Crippen LogP contribution in [0.4, 0.5) is 0 Å². The molecule has 120 valence electrons. The second kappa shape index (κ2) is 4.68. The molecule has 0 amide bonds. The second-order valence-corrected chi connectivity index (χ2v) is 7.32. The molecule has 1 N–H and O–H groups in total. The highest BCUT2D eigenvalue weighted by atomic mass is 16.5. The van der Waals surface area contributed by atoms with Gasteiger partial charge in [-0.25, -0.2) is 0 Å². The van der Waals surface area contributed by atoms with Crippen LogP contribution in [0.2, 0.25) is 0 Å². The summed E-state index contributed by atoms with van der Waals surface area (Å²) in [5.41, 5.74) is 2.12. The highest BCUT2D eigenvalue weighted by molar-refractivity contribution is 5.83. The molecule has 1 aromatic carbocycles. The van der Waals surface area contributed by atoms with Gasteiger partial charge in [-0.3, -0.25) is 9.88 Å². The zero-order chi connectivity index (χ0) is 15.6. The van der Waals surface area contributed by atoms with Crippen LogP contribution >= 0.6 is 0 Å². The molecule has 5 aliphatic rings. The van der Waals surface area contributed by atoms with Crippen LogP contribution in [-0.4, -0.2) is 39.7 Å². The number of aromatic hydroxyl groups is 1. The monoisotopic (exact) mass is 310 g/mol. The van der Waals surface area contributed by atoms with Gasteiger partial charge in [0.25, 0.3) is 0 Å². The van der Waals surface area contributed by atoms with E-state index in [1.165, 1.54) is 24.9 Å². The first-order valence-electron chi connectivity index (χ1n) is 8.70. The van der Waals surface area contributed by atoms with Gasteiger partial charge in [0.1, 0.15) is 5.75 Å². The molecule has 0 saturated carbocycles. The Balaban J connectivity index is 1.64. The van der Waals surface area contributed by atoms with E-state index in [-0.39, 0.29) is 11.7 Å². The van der Waals surface area contributed by atoms with E-state index >= 15 is 0 Å². The van der Waals surface area contributed by atoms with Gasteiger partial charge in [-0.05, 0) is 61.6 Å². The van der Waals surface area contributed by atoms with Crippen LogP contribution in [-0.2, 0) is 4.74 Å². The Morgan fingerprint density at radius 2 is 2.30 bits per heavy atom. The molecule has 7 rings (SSSR count). The first-order chi connectivity index (χ1) is 11.2. The van der Waals surface area contributed by atoms with Crippen LogP contribution < -0.4 is 0 Å². The van der Waals surface area contributed by atoms with Gasteiger partial charge in [0.15, 0.2) is 0 Å². The van der Waals surface area contributed by atoms with E-state index in [1.807, 2.05) is 18.3 Å². The molecular formula is C19H22N2O2. The SMILES string of the molecule is CC[C@@]12CN3CC[C@@H]1C[C@H]3[C@@H](c1ccnc3ccc(O)cc13)O2. The lowest BCUT2D eigenvalue weighted by Crippen LogP contribution is -2.70. The molecule has 2 aromatic rings. The number of phenols is 1. The molecule has 0 aliphatic carbocycles. The highest BCUT2D eigenvalue weighted by Crippen LogP contribution is 2.54. The highest BCUT2D eigenvalue weighted by Gasteiger charge is 2.58. The van der Waals surface area contributed by atoms with E-state index < -0.39 is 0 Å². The lowest BCUT2D eigenvalue weighted by atomic mass is 9.66. The molecule has 5 atom stereocenters. The average Bonchev–Trinajstić information content (AvgIpc) is 2.61. The van der Waals surface area contributed by atoms with Gasteiger partial charge in [-0.1, -0.05) is 6.92 Å². The third kappa shape index (κ3) is 1.82. The number of pyridine rings is 1. The predicted octanol–water partition coefficient (Wildman–Crippen LogP) is 3.25. The van der Waals surface area contributed by atoms with Crippen molar-refractivity contribution in [2.24, 2.45) is 5.92 Å². The van der Waals surface area contributed by atoms with Crippen molar-refractivity contribution in [2.75, 3.05) is 13.1 Å². The zero-order valence-corrected chi connectivity index (χ0v) is 13.4. The number of hydrogen-bond acceptors (Lipinski definition) is 4. The van der Waals surface area contributed by atoms with E-state index in [1.54, 1.807) is 6.07 Å². The molecular weight excluding hydrogens is 288 g/mol. The van der Waals surface area contributed by atoms with Crippen molar-refractivity contribution in [3.63, 3.8) is 0 Å². The second-order valence-electron chi connectivity index (χ2n) is 7.32. The molecule has 0 radical (unpaired) electrons. The summed E-state index contributed by atoms with van der Waals surface area (Å²) in [4.78, 5) is 7.08. The Morgan fingerprint density at radius 3 is 3.09 bits per heavy atom. The smallest absolute Gasteiger partial charge is 0.116 e. The molecule has 5 aliphatic heterocycles. The number of hydrogen-bond donors (Lipinski definition) is 1. The third-order valence-corrected chi connectivity index (χ3v) is 6.35. The molecule has 1 unspecified atom stereocenters. The third-order valence-electron chi connectivity index (χ3n) is 6.35. The number of ether oxygens (including phenoxy) is 1. The first-order valence-corrected chi connectivity index (χ1v) is 8.70. The average molecular weight is 310 g/mol. The van der Waals surface area contributed by atoms with Gasteiger partial charge in [0.05, 0.1) is 17.2 Å². The van der Waals surface area contributed by atoms with Crippen LogP contribution in [0, 0.1) is 5.92 Å². The summed E-state index contributed by atoms with van der Waals surface area (Å²) in [6, 6.07) is 7.96. The van der Waals surface area contributed by atoms with E-state index in [9.17, 15) is 5.11 Å². The minimum absolute atomic E-state index is 0.0179. The zero-order valence-electron chi connectivity index (χ0n) is 13.4. The molecule has 4 bridgehead atoms. The molecule has 5 fully saturated rings. The van der Waals surface area contributed by atoms with E-state index in [0.29, 0.717) is 17.7 Å². The fourth-order valence-electron chi connectivity index (χ4n) is 5.13. The van der Waals surface area contributed by atoms with Crippen LogP contribution in [0.15, 0.2) is 30.5 Å². The van der Waals surface area contributed by atoms with Crippen molar-refractivity contribution in [2.45, 2.75) is 43.9 Å². The summed E-state index contributed by atoms with van der Waals surface area (Å²) in [6.45, 7) is 4.55. The predicted molar refractivity (Wildman–Crippen MR) is 88.3 cm³/mol. The molecule has 4 nitrogen and oxygen atoms in total. The van der Waals surface area contributed by atoms with Crippen LogP contribution in [0.3, 0.4) is 0 Å². The Labute approximate surface area is 136 Å². The summed E-state index contributed by atoms with van der Waals surface area (Å²) >= 11 is 0. The van der Waals surface area contributed by atoms with Crippen molar-refractivity contribution in [3.8, 4) is 5.75 Å². The fraction of sp³-hybridized carbons (Fsp3) is 0.526. The number of aromatic nitrogens is 1. The Hall–Kier alpha value is -1.65. The molecule has 5 saturated heterocycles. The van der Waals surface area contributed by atoms with Gasteiger partial charge in [-0.2, -0.15) is 0 Å². The number of phenolic OH excluding ortho intramolecular Hbond substituents is 1. The van der Waals surface area contributed by atoms with Crippen molar-refractivity contribution >= 4 is 10.9 Å². The minimum atomic E-state index is 0.0179. The Morgan fingerprint density at radius 1 is 1.39 bits per heavy atom. The summed E-state index contributed by atoms with van der Waals surface area (Å²) in [5, 5.41) is 10.9. The van der Waals surface area contributed by atoms with Crippen molar-refractivity contribution < 1.29 is 9.84 Å². The van der Waals surface area contributed by atoms with Crippen LogP contribution in [0.25, 0.3) is 10.9 Å². The molecule has 0 spiro atoms. The van der Waals surface area contributed by atoms with Gasteiger partial charge in [-0.15, -0.1) is 0 Å². The maximum absolute atomic E-state index is 9.91. The topological polar surface area (TPSA) is 45.6 Å². The largest absolute Gasteiger partial charge is 0.508 e. The number of nitrogens with zero attached hydrogens (tertiary/aromatic N) is 2. The molecule has 6 heterocycles. The summed E-state index contributed by atoms with van der Waals surface area (Å²) in [6.07, 6.45) is 5.54. The standard InChI is InChI=1S/C19H22N2O2/c1-2-19-11-21-8-6-12(19)9-17(21)18(23-19)14-5-7-20-16-4-3-13(22)10-15(14)16/h3-5,7,10,12,17-18,22H,2,6,8-9,11H2,1H3/t12-,17+,18-,19-/m1/s1. The lowest BCUT2D eigenvalue weighted by Gasteiger charge is -2.64. The number of fused-ring (bicyclic) bond motifs is 3. The van der Waals surface area contributed by atoms with Crippen molar-refractivity contribution in [1.82, 2.24) is 9.88 Å². The van der Waals surface area contributed by atoms with Gasteiger partial charge >= 0.3 is 0 Å². The van der Waals surface area contributed by atoms with E-state index in [4.69, 9.17) is 4.74 Å². The number of rotatable bonds is 2. The van der Waals surface area contributed by atoms with Gasteiger partial charge in [0, 0.05) is 24.2 Å². The number of piperidine rings is 3. The maximum atomic E-state index is 9.91. The van der Waals surface area contributed by atoms with Crippen LogP contribution in [0.5, 0.6) is 5.75 Å². The molecule has 1 aromatic heterocycles. The molecule has 4 heteroatoms. The maximum Gasteiger partial charge on any atom is 0.116 e. The quantitative estimate of drug-likeness (QED) is 0.925. The van der Waals surface area contributed by atoms with Gasteiger partial charge < -0.3 is 9.84 Å². The van der Waals surface area contributed by atoms with Gasteiger partial charge in [0.2, 0.25) is 0 Å². The number of benzene rings is 1. The summed E-state index contributed by atoms with van der Waals surface area (Å²) in [5.74, 6) is 1.00. The first kappa shape index (κ1) is 13.8. The normalized spacial score (nSPS) is 38.3. The lowest BCUT2D eigenvalue weighted by molar-refractivity contribution is -0.274.